The minimum Gasteiger partial charge on any atom is -0.492 e. The van der Waals surface area contributed by atoms with E-state index < -0.39 is 0 Å². The second kappa shape index (κ2) is 9.39. The Hall–Kier alpha value is -1.55. The minimum atomic E-state index is -0.171. The standard InChI is InChI=1S/C15H23NO3/c1-3-10-16(13-15(17)18-4-2)11-12-19-14-8-6-5-7-9-14/h5-9H,3-4,10-13H2,1-2H3. The first-order valence-electron chi connectivity index (χ1n) is 6.82. The number of hydrogen-bond donors (Lipinski definition) is 0. The zero-order valence-electron chi connectivity index (χ0n) is 11.8. The highest BCUT2D eigenvalue weighted by molar-refractivity contribution is 5.71. The summed E-state index contributed by atoms with van der Waals surface area (Å²) in [6.45, 7) is 6.85. The van der Waals surface area contributed by atoms with Crippen molar-refractivity contribution >= 4 is 5.97 Å². The number of esters is 1. The van der Waals surface area contributed by atoms with E-state index in [1.54, 1.807) is 0 Å². The largest absolute Gasteiger partial charge is 0.492 e. The van der Waals surface area contributed by atoms with Crippen LogP contribution < -0.4 is 4.74 Å². The van der Waals surface area contributed by atoms with Gasteiger partial charge in [0.1, 0.15) is 12.4 Å². The van der Waals surface area contributed by atoms with Gasteiger partial charge < -0.3 is 9.47 Å². The van der Waals surface area contributed by atoms with Crippen LogP contribution in [0.3, 0.4) is 0 Å². The molecule has 4 nitrogen and oxygen atoms in total. The number of para-hydroxylation sites is 1. The van der Waals surface area contributed by atoms with Crippen molar-refractivity contribution in [3.05, 3.63) is 30.3 Å². The highest BCUT2D eigenvalue weighted by Crippen LogP contribution is 2.08. The van der Waals surface area contributed by atoms with E-state index in [4.69, 9.17) is 9.47 Å². The van der Waals surface area contributed by atoms with Crippen molar-refractivity contribution < 1.29 is 14.3 Å². The number of carbonyl (C=O) groups excluding carboxylic acids is 1. The predicted molar refractivity (Wildman–Crippen MR) is 75.3 cm³/mol. The van der Waals surface area contributed by atoms with Gasteiger partial charge in [-0.05, 0) is 32.0 Å². The van der Waals surface area contributed by atoms with Gasteiger partial charge in [0.15, 0.2) is 0 Å². The summed E-state index contributed by atoms with van der Waals surface area (Å²) in [5.74, 6) is 0.686. The zero-order valence-corrected chi connectivity index (χ0v) is 11.8. The lowest BCUT2D eigenvalue weighted by atomic mass is 10.3. The maximum Gasteiger partial charge on any atom is 0.320 e. The van der Waals surface area contributed by atoms with E-state index in [1.165, 1.54) is 0 Å². The predicted octanol–water partition coefficient (Wildman–Crippen LogP) is 2.34. The third-order valence-corrected chi connectivity index (χ3v) is 2.62. The fourth-order valence-corrected chi connectivity index (χ4v) is 1.78. The highest BCUT2D eigenvalue weighted by atomic mass is 16.5. The van der Waals surface area contributed by atoms with E-state index in [1.807, 2.05) is 37.3 Å². The van der Waals surface area contributed by atoms with Crippen LogP contribution in [0.15, 0.2) is 30.3 Å². The van der Waals surface area contributed by atoms with Gasteiger partial charge >= 0.3 is 5.97 Å². The summed E-state index contributed by atoms with van der Waals surface area (Å²) >= 11 is 0. The maximum atomic E-state index is 11.5. The second-order valence-corrected chi connectivity index (χ2v) is 4.24. The summed E-state index contributed by atoms with van der Waals surface area (Å²) in [6, 6.07) is 9.69. The van der Waals surface area contributed by atoms with Gasteiger partial charge in [0.2, 0.25) is 0 Å². The molecule has 0 unspecified atom stereocenters. The van der Waals surface area contributed by atoms with Gasteiger partial charge in [-0.1, -0.05) is 25.1 Å². The third-order valence-electron chi connectivity index (χ3n) is 2.62. The summed E-state index contributed by atoms with van der Waals surface area (Å²) in [7, 11) is 0. The third kappa shape index (κ3) is 6.82. The van der Waals surface area contributed by atoms with Crippen molar-refractivity contribution in [1.82, 2.24) is 4.90 Å². The van der Waals surface area contributed by atoms with Crippen LogP contribution in [0.4, 0.5) is 0 Å². The lowest BCUT2D eigenvalue weighted by Gasteiger charge is -2.20. The lowest BCUT2D eigenvalue weighted by molar-refractivity contribution is -0.144. The van der Waals surface area contributed by atoms with Crippen LogP contribution >= 0.6 is 0 Å². The molecule has 0 aliphatic heterocycles. The van der Waals surface area contributed by atoms with Crippen LogP contribution in [0.25, 0.3) is 0 Å². The van der Waals surface area contributed by atoms with Crippen LogP contribution in [0.2, 0.25) is 0 Å². The molecular formula is C15H23NO3. The molecule has 1 aromatic rings. The topological polar surface area (TPSA) is 38.8 Å². The zero-order chi connectivity index (χ0) is 13.9. The SMILES string of the molecule is CCCN(CCOc1ccccc1)CC(=O)OCC. The Morgan fingerprint density at radius 1 is 1.16 bits per heavy atom. The Morgan fingerprint density at radius 3 is 2.53 bits per heavy atom. The summed E-state index contributed by atoms with van der Waals surface area (Å²) in [5.41, 5.74) is 0. The summed E-state index contributed by atoms with van der Waals surface area (Å²) < 4.78 is 10.6. The van der Waals surface area contributed by atoms with E-state index in [0.717, 1.165) is 25.3 Å². The fraction of sp³-hybridized carbons (Fsp3) is 0.533. The van der Waals surface area contributed by atoms with Crippen molar-refractivity contribution in [3.8, 4) is 5.75 Å². The normalized spacial score (nSPS) is 10.5. The molecule has 0 heterocycles. The molecule has 0 aromatic heterocycles. The van der Waals surface area contributed by atoms with Gasteiger partial charge in [0.05, 0.1) is 13.2 Å². The van der Waals surface area contributed by atoms with Crippen LogP contribution in [-0.4, -0.2) is 43.7 Å². The monoisotopic (exact) mass is 265 g/mol. The molecule has 0 saturated carbocycles. The fourth-order valence-electron chi connectivity index (χ4n) is 1.78. The van der Waals surface area contributed by atoms with E-state index >= 15 is 0 Å². The van der Waals surface area contributed by atoms with Gasteiger partial charge in [0.25, 0.3) is 0 Å². The molecule has 1 aromatic carbocycles. The van der Waals surface area contributed by atoms with Gasteiger partial charge in [-0.3, -0.25) is 9.69 Å². The quantitative estimate of drug-likeness (QED) is 0.642. The van der Waals surface area contributed by atoms with Crippen molar-refractivity contribution in [3.63, 3.8) is 0 Å². The molecule has 1 rings (SSSR count). The van der Waals surface area contributed by atoms with E-state index in [9.17, 15) is 4.79 Å². The van der Waals surface area contributed by atoms with E-state index in [0.29, 0.717) is 19.8 Å². The Labute approximate surface area is 115 Å². The summed E-state index contributed by atoms with van der Waals surface area (Å²) in [5, 5.41) is 0. The second-order valence-electron chi connectivity index (χ2n) is 4.24. The number of nitrogens with zero attached hydrogens (tertiary/aromatic N) is 1. The molecule has 19 heavy (non-hydrogen) atoms. The number of ether oxygens (including phenoxy) is 2. The molecule has 0 aliphatic carbocycles. The molecule has 0 N–H and O–H groups in total. The van der Waals surface area contributed by atoms with Crippen LogP contribution in [-0.2, 0) is 9.53 Å². The average Bonchev–Trinajstić information content (AvgIpc) is 2.40. The molecule has 0 radical (unpaired) electrons. The average molecular weight is 265 g/mol. The van der Waals surface area contributed by atoms with Crippen molar-refractivity contribution in [2.45, 2.75) is 20.3 Å². The highest BCUT2D eigenvalue weighted by Gasteiger charge is 2.10. The first-order chi connectivity index (χ1) is 9.26. The molecule has 0 amide bonds. The summed E-state index contributed by atoms with van der Waals surface area (Å²) in [4.78, 5) is 13.5. The Kier molecular flexibility index (Phi) is 7.66. The van der Waals surface area contributed by atoms with Gasteiger partial charge in [-0.25, -0.2) is 0 Å². The van der Waals surface area contributed by atoms with Crippen LogP contribution in [0.5, 0.6) is 5.75 Å². The summed E-state index contributed by atoms with van der Waals surface area (Å²) in [6.07, 6.45) is 1.00. The first-order valence-corrected chi connectivity index (χ1v) is 6.82. The molecular weight excluding hydrogens is 242 g/mol. The smallest absolute Gasteiger partial charge is 0.320 e. The number of carbonyl (C=O) groups is 1. The Balaban J connectivity index is 2.30. The Morgan fingerprint density at radius 2 is 1.89 bits per heavy atom. The van der Waals surface area contributed by atoms with E-state index in [-0.39, 0.29) is 5.97 Å². The minimum absolute atomic E-state index is 0.171. The Bertz CT molecular complexity index is 354. The number of benzene rings is 1. The van der Waals surface area contributed by atoms with Gasteiger partial charge in [0, 0.05) is 6.54 Å². The van der Waals surface area contributed by atoms with Crippen LogP contribution in [0.1, 0.15) is 20.3 Å². The molecule has 4 heteroatoms. The number of rotatable bonds is 9. The van der Waals surface area contributed by atoms with Crippen molar-refractivity contribution in [2.24, 2.45) is 0 Å². The first kappa shape index (κ1) is 15.5. The number of hydrogen-bond acceptors (Lipinski definition) is 4. The van der Waals surface area contributed by atoms with Gasteiger partial charge in [-0.15, -0.1) is 0 Å². The molecule has 0 saturated heterocycles. The molecule has 0 aliphatic rings. The van der Waals surface area contributed by atoms with Gasteiger partial charge in [-0.2, -0.15) is 0 Å². The molecule has 106 valence electrons. The van der Waals surface area contributed by atoms with E-state index in [2.05, 4.69) is 11.8 Å². The molecule has 0 atom stereocenters. The molecule has 0 spiro atoms. The molecule has 0 fully saturated rings. The van der Waals surface area contributed by atoms with Crippen molar-refractivity contribution in [1.29, 1.82) is 0 Å². The van der Waals surface area contributed by atoms with Crippen LogP contribution in [0, 0.1) is 0 Å². The molecule has 0 bridgehead atoms. The van der Waals surface area contributed by atoms with Crippen molar-refractivity contribution in [2.75, 3.05) is 32.8 Å². The maximum absolute atomic E-state index is 11.5. The lowest BCUT2D eigenvalue weighted by Crippen LogP contribution is -2.35.